The van der Waals surface area contributed by atoms with E-state index < -0.39 is 5.82 Å². The third-order valence-corrected chi connectivity index (χ3v) is 6.40. The molecule has 2 aliphatic rings. The van der Waals surface area contributed by atoms with Gasteiger partial charge in [0.1, 0.15) is 11.6 Å². The van der Waals surface area contributed by atoms with Gasteiger partial charge in [0.05, 0.1) is 30.5 Å². The zero-order valence-electron chi connectivity index (χ0n) is 18.2. The van der Waals surface area contributed by atoms with Gasteiger partial charge in [-0.3, -0.25) is 4.79 Å². The number of methoxy groups -OCH3 is 1. The normalized spacial score (nSPS) is 23.0. The average molecular weight is 428 g/mol. The van der Waals surface area contributed by atoms with Gasteiger partial charge in [-0.05, 0) is 43.5 Å². The van der Waals surface area contributed by atoms with Crippen LogP contribution in [0, 0.1) is 5.82 Å². The van der Waals surface area contributed by atoms with Crippen molar-refractivity contribution in [2.75, 3.05) is 26.8 Å². The number of halogens is 1. The third-order valence-electron chi connectivity index (χ3n) is 6.40. The number of carbonyl (C=O) groups is 1. The zero-order valence-corrected chi connectivity index (χ0v) is 18.2. The number of piperidine rings is 1. The van der Waals surface area contributed by atoms with E-state index in [2.05, 4.69) is 12.1 Å². The van der Waals surface area contributed by atoms with Crippen LogP contribution in [0.15, 0.2) is 48.5 Å². The van der Waals surface area contributed by atoms with Crippen molar-refractivity contribution in [2.45, 2.75) is 50.4 Å². The Hall–Kier alpha value is -2.44. The molecular formula is C25H30FNO4. The number of hydrogen-bond acceptors (Lipinski definition) is 4. The highest BCUT2D eigenvalue weighted by Gasteiger charge is 2.45. The van der Waals surface area contributed by atoms with Gasteiger partial charge in [0.15, 0.2) is 0 Å². The van der Waals surface area contributed by atoms with Gasteiger partial charge < -0.3 is 19.1 Å². The second-order valence-electron chi connectivity index (χ2n) is 8.35. The van der Waals surface area contributed by atoms with Crippen LogP contribution in [0.2, 0.25) is 0 Å². The summed E-state index contributed by atoms with van der Waals surface area (Å²) in [7, 11) is 1.49. The second-order valence-corrected chi connectivity index (χ2v) is 8.35. The summed E-state index contributed by atoms with van der Waals surface area (Å²) in [6, 6.07) is 14.3. The molecule has 2 aromatic rings. The molecule has 5 nitrogen and oxygen atoms in total. The van der Waals surface area contributed by atoms with Gasteiger partial charge >= 0.3 is 0 Å². The molecule has 2 aromatic carbocycles. The van der Waals surface area contributed by atoms with Crippen LogP contribution in [0.4, 0.5) is 4.39 Å². The first-order valence-corrected chi connectivity index (χ1v) is 11.0. The average Bonchev–Trinajstić information content (AvgIpc) is 2.80. The van der Waals surface area contributed by atoms with Crippen LogP contribution in [0.5, 0.6) is 5.75 Å². The maximum Gasteiger partial charge on any atom is 0.257 e. The van der Waals surface area contributed by atoms with Crippen LogP contribution in [-0.2, 0) is 9.47 Å². The van der Waals surface area contributed by atoms with Gasteiger partial charge in [-0.15, -0.1) is 0 Å². The Morgan fingerprint density at radius 3 is 2.61 bits per heavy atom. The maximum absolute atomic E-state index is 13.8. The molecule has 0 aliphatic carbocycles. The minimum absolute atomic E-state index is 0.0166. The van der Waals surface area contributed by atoms with Crippen LogP contribution in [-0.4, -0.2) is 49.3 Å². The van der Waals surface area contributed by atoms with Crippen molar-refractivity contribution < 1.29 is 23.4 Å². The zero-order chi connectivity index (χ0) is 21.8. The number of benzene rings is 2. The first-order chi connectivity index (χ1) is 15.0. The summed E-state index contributed by atoms with van der Waals surface area (Å²) in [6.45, 7) is 3.80. The van der Waals surface area contributed by atoms with E-state index in [1.807, 2.05) is 25.1 Å². The molecule has 0 N–H and O–H groups in total. The van der Waals surface area contributed by atoms with E-state index in [4.69, 9.17) is 14.2 Å². The Labute approximate surface area is 183 Å². The summed E-state index contributed by atoms with van der Waals surface area (Å²) < 4.78 is 31.7. The summed E-state index contributed by atoms with van der Waals surface area (Å²) >= 11 is 0. The van der Waals surface area contributed by atoms with E-state index in [0.717, 1.165) is 31.2 Å². The van der Waals surface area contributed by atoms with E-state index in [9.17, 15) is 9.18 Å². The van der Waals surface area contributed by atoms with E-state index in [0.29, 0.717) is 25.4 Å². The van der Waals surface area contributed by atoms with E-state index >= 15 is 0 Å². The molecule has 0 radical (unpaired) electrons. The Bertz CT molecular complexity index is 896. The lowest BCUT2D eigenvalue weighted by Crippen LogP contribution is -2.52. The van der Waals surface area contributed by atoms with Crippen molar-refractivity contribution in [3.63, 3.8) is 0 Å². The molecule has 1 amide bonds. The number of carbonyl (C=O) groups excluding carboxylic acids is 1. The highest BCUT2D eigenvalue weighted by atomic mass is 19.1. The van der Waals surface area contributed by atoms with Crippen LogP contribution >= 0.6 is 0 Å². The number of rotatable bonds is 5. The van der Waals surface area contributed by atoms with Crippen molar-refractivity contribution in [2.24, 2.45) is 0 Å². The molecule has 1 spiro atoms. The molecule has 0 saturated carbocycles. The maximum atomic E-state index is 13.8. The van der Waals surface area contributed by atoms with E-state index in [-0.39, 0.29) is 29.3 Å². The molecular weight excluding hydrogens is 397 g/mol. The number of amides is 1. The highest BCUT2D eigenvalue weighted by Crippen LogP contribution is 2.44. The Morgan fingerprint density at radius 2 is 1.94 bits per heavy atom. The van der Waals surface area contributed by atoms with Crippen LogP contribution in [0.1, 0.15) is 54.6 Å². The summed E-state index contributed by atoms with van der Waals surface area (Å²) in [6.07, 6.45) is 3.23. The number of hydrogen-bond donors (Lipinski definition) is 0. The smallest absolute Gasteiger partial charge is 0.257 e. The lowest BCUT2D eigenvalue weighted by atomic mass is 9.80. The molecule has 2 aliphatic heterocycles. The molecule has 0 bridgehead atoms. The van der Waals surface area contributed by atoms with E-state index in [1.165, 1.54) is 25.3 Å². The van der Waals surface area contributed by atoms with Crippen molar-refractivity contribution >= 4 is 5.91 Å². The van der Waals surface area contributed by atoms with Gasteiger partial charge in [0, 0.05) is 32.5 Å². The molecule has 2 atom stereocenters. The lowest BCUT2D eigenvalue weighted by molar-refractivity contribution is -0.190. The van der Waals surface area contributed by atoms with Crippen molar-refractivity contribution in [1.82, 2.24) is 4.90 Å². The molecule has 2 heterocycles. The molecule has 6 heteroatoms. The molecule has 2 saturated heterocycles. The summed E-state index contributed by atoms with van der Waals surface area (Å²) in [5.41, 5.74) is 1.10. The predicted molar refractivity (Wildman–Crippen MR) is 116 cm³/mol. The monoisotopic (exact) mass is 427 g/mol. The second kappa shape index (κ2) is 9.37. The van der Waals surface area contributed by atoms with Crippen LogP contribution in [0.3, 0.4) is 0 Å². The quantitative estimate of drug-likeness (QED) is 0.690. The van der Waals surface area contributed by atoms with Gasteiger partial charge in [0.2, 0.25) is 0 Å². The van der Waals surface area contributed by atoms with Crippen molar-refractivity contribution in [1.29, 1.82) is 0 Å². The Balaban J connectivity index is 1.49. The first kappa shape index (κ1) is 21.8. The molecule has 4 rings (SSSR count). The highest BCUT2D eigenvalue weighted by molar-refractivity contribution is 5.97. The van der Waals surface area contributed by atoms with Crippen molar-refractivity contribution in [3.8, 4) is 5.75 Å². The third kappa shape index (κ3) is 4.75. The topological polar surface area (TPSA) is 48.0 Å². The lowest BCUT2D eigenvalue weighted by Gasteiger charge is -2.48. The fourth-order valence-corrected chi connectivity index (χ4v) is 4.83. The minimum atomic E-state index is -0.446. The minimum Gasteiger partial charge on any atom is -0.496 e. The van der Waals surface area contributed by atoms with Gasteiger partial charge in [-0.25, -0.2) is 4.39 Å². The van der Waals surface area contributed by atoms with Gasteiger partial charge in [-0.2, -0.15) is 0 Å². The SMILES string of the molecule is CCO[C@H]1C[C@@H](c2ccccc2)OC2(CCN(C(=O)c3cc(F)ccc3OC)CC2)C1. The molecule has 166 valence electrons. The summed E-state index contributed by atoms with van der Waals surface area (Å²) in [4.78, 5) is 14.8. The van der Waals surface area contributed by atoms with Gasteiger partial charge in [-0.1, -0.05) is 30.3 Å². The number of likely N-dealkylation sites (tertiary alicyclic amines) is 1. The number of nitrogens with zero attached hydrogens (tertiary/aromatic N) is 1. The standard InChI is InChI=1S/C25H30FNO4/c1-3-30-20-16-23(18-7-5-4-6-8-18)31-25(17-20)11-13-27(14-12-25)24(28)21-15-19(26)9-10-22(21)29-2/h4-10,15,20,23H,3,11-14,16-17H2,1-2H3/t20-,23-/m0/s1. The molecule has 2 fully saturated rings. The number of ether oxygens (including phenoxy) is 3. The Morgan fingerprint density at radius 1 is 1.19 bits per heavy atom. The molecule has 0 unspecified atom stereocenters. The summed E-state index contributed by atoms with van der Waals surface area (Å²) in [5, 5.41) is 0. The van der Waals surface area contributed by atoms with Crippen molar-refractivity contribution in [3.05, 3.63) is 65.5 Å². The largest absolute Gasteiger partial charge is 0.496 e. The Kier molecular flexibility index (Phi) is 6.58. The predicted octanol–water partition coefficient (Wildman–Crippen LogP) is 4.77. The van der Waals surface area contributed by atoms with E-state index in [1.54, 1.807) is 4.90 Å². The van der Waals surface area contributed by atoms with Crippen LogP contribution in [0.25, 0.3) is 0 Å². The molecule has 0 aromatic heterocycles. The molecule has 31 heavy (non-hydrogen) atoms. The fraction of sp³-hybridized carbons (Fsp3) is 0.480. The van der Waals surface area contributed by atoms with Gasteiger partial charge in [0.25, 0.3) is 5.91 Å². The van der Waals surface area contributed by atoms with Crippen LogP contribution < -0.4 is 4.74 Å². The summed E-state index contributed by atoms with van der Waals surface area (Å²) in [5.74, 6) is -0.261. The fourth-order valence-electron chi connectivity index (χ4n) is 4.83. The first-order valence-electron chi connectivity index (χ1n) is 11.0.